The van der Waals surface area contributed by atoms with Gasteiger partial charge in [-0.25, -0.2) is 0 Å². The highest BCUT2D eigenvalue weighted by Gasteiger charge is 2.24. The Morgan fingerprint density at radius 1 is 1.40 bits per heavy atom. The van der Waals surface area contributed by atoms with Crippen molar-refractivity contribution in [2.24, 2.45) is 5.73 Å². The van der Waals surface area contributed by atoms with Crippen LogP contribution < -0.4 is 5.73 Å². The summed E-state index contributed by atoms with van der Waals surface area (Å²) in [7, 11) is 0. The van der Waals surface area contributed by atoms with Crippen molar-refractivity contribution in [3.63, 3.8) is 0 Å². The molecular formula is C15H23BrN2O2. The van der Waals surface area contributed by atoms with E-state index >= 15 is 0 Å². The second-order valence-corrected chi connectivity index (χ2v) is 6.37. The fourth-order valence-corrected chi connectivity index (χ4v) is 2.89. The van der Waals surface area contributed by atoms with Gasteiger partial charge in [-0.15, -0.1) is 0 Å². The van der Waals surface area contributed by atoms with Gasteiger partial charge in [0.05, 0.1) is 18.8 Å². The fraction of sp³-hybridized carbons (Fsp3) is 0.600. The van der Waals surface area contributed by atoms with E-state index < -0.39 is 0 Å². The predicted molar refractivity (Wildman–Crippen MR) is 83.5 cm³/mol. The zero-order chi connectivity index (χ0) is 14.5. The van der Waals surface area contributed by atoms with Gasteiger partial charge < -0.3 is 15.6 Å². The maximum atomic E-state index is 9.23. The quantitative estimate of drug-likeness (QED) is 0.858. The third kappa shape index (κ3) is 4.53. The Morgan fingerprint density at radius 2 is 2.10 bits per heavy atom. The number of halogens is 1. The Balaban J connectivity index is 1.83. The van der Waals surface area contributed by atoms with Gasteiger partial charge in [0.2, 0.25) is 0 Å². The average Bonchev–Trinajstić information content (AvgIpc) is 2.45. The first-order valence-electron chi connectivity index (χ1n) is 7.08. The summed E-state index contributed by atoms with van der Waals surface area (Å²) in [6.07, 6.45) is 1.01. The molecule has 2 rings (SSSR count). The topological polar surface area (TPSA) is 58.7 Å². The Morgan fingerprint density at radius 3 is 2.75 bits per heavy atom. The third-order valence-electron chi connectivity index (χ3n) is 3.66. The predicted octanol–water partition coefficient (Wildman–Crippen LogP) is 1.92. The molecule has 1 saturated heterocycles. The highest BCUT2D eigenvalue weighted by atomic mass is 79.9. The van der Waals surface area contributed by atoms with E-state index in [-0.39, 0.29) is 24.9 Å². The van der Waals surface area contributed by atoms with Gasteiger partial charge in [-0.05, 0) is 31.0 Å². The zero-order valence-corrected chi connectivity index (χ0v) is 13.4. The maximum Gasteiger partial charge on any atom is 0.0936 e. The average molecular weight is 343 g/mol. The molecule has 1 aromatic rings. The lowest BCUT2D eigenvalue weighted by molar-refractivity contribution is -0.0954. The largest absolute Gasteiger partial charge is 0.394 e. The summed E-state index contributed by atoms with van der Waals surface area (Å²) >= 11 is 3.43. The van der Waals surface area contributed by atoms with Crippen molar-refractivity contribution in [3.8, 4) is 0 Å². The monoisotopic (exact) mass is 342 g/mol. The van der Waals surface area contributed by atoms with Crippen molar-refractivity contribution in [2.75, 3.05) is 26.2 Å². The van der Waals surface area contributed by atoms with Crippen LogP contribution in [0.2, 0.25) is 0 Å². The second kappa shape index (κ2) is 7.52. The molecule has 1 aromatic carbocycles. The molecule has 5 heteroatoms. The Labute approximate surface area is 129 Å². The molecule has 1 fully saturated rings. The molecule has 3 atom stereocenters. The minimum Gasteiger partial charge on any atom is -0.394 e. The van der Waals surface area contributed by atoms with E-state index in [1.54, 1.807) is 0 Å². The van der Waals surface area contributed by atoms with Crippen molar-refractivity contribution in [1.29, 1.82) is 0 Å². The third-order valence-corrected chi connectivity index (χ3v) is 4.19. The van der Waals surface area contributed by atoms with Gasteiger partial charge in [-0.3, -0.25) is 4.90 Å². The molecule has 0 aromatic heterocycles. The van der Waals surface area contributed by atoms with E-state index in [4.69, 9.17) is 10.5 Å². The SMILES string of the molecule is CC1CN(CCC(N)c2ccc(Br)cc2)CC(CO)O1. The van der Waals surface area contributed by atoms with Gasteiger partial charge in [0.15, 0.2) is 0 Å². The molecule has 3 unspecified atom stereocenters. The number of nitrogens with zero attached hydrogens (tertiary/aromatic N) is 1. The molecule has 0 bridgehead atoms. The molecule has 0 saturated carbocycles. The van der Waals surface area contributed by atoms with Gasteiger partial charge in [0, 0.05) is 30.1 Å². The first-order valence-corrected chi connectivity index (χ1v) is 7.87. The highest BCUT2D eigenvalue weighted by molar-refractivity contribution is 9.10. The molecule has 1 aliphatic heterocycles. The number of rotatable bonds is 5. The number of hydrogen-bond acceptors (Lipinski definition) is 4. The lowest BCUT2D eigenvalue weighted by Crippen LogP contribution is -2.48. The van der Waals surface area contributed by atoms with E-state index in [9.17, 15) is 5.11 Å². The van der Waals surface area contributed by atoms with Crippen LogP contribution in [0.3, 0.4) is 0 Å². The summed E-state index contributed by atoms with van der Waals surface area (Å²) in [5.74, 6) is 0. The van der Waals surface area contributed by atoms with Crippen LogP contribution in [0.4, 0.5) is 0 Å². The molecule has 20 heavy (non-hydrogen) atoms. The van der Waals surface area contributed by atoms with Crippen LogP contribution in [0.5, 0.6) is 0 Å². The molecule has 3 N–H and O–H groups in total. The minimum atomic E-state index is -0.0670. The van der Waals surface area contributed by atoms with E-state index in [0.29, 0.717) is 0 Å². The molecule has 1 heterocycles. The highest BCUT2D eigenvalue weighted by Crippen LogP contribution is 2.19. The lowest BCUT2D eigenvalue weighted by Gasteiger charge is -2.36. The van der Waals surface area contributed by atoms with E-state index in [1.165, 1.54) is 0 Å². The number of aliphatic hydroxyl groups is 1. The summed E-state index contributed by atoms with van der Waals surface area (Å²) < 4.78 is 6.71. The summed E-state index contributed by atoms with van der Waals surface area (Å²) in [4.78, 5) is 2.33. The Hall–Kier alpha value is -0.460. The molecule has 112 valence electrons. The van der Waals surface area contributed by atoms with E-state index in [1.807, 2.05) is 19.1 Å². The van der Waals surface area contributed by atoms with Gasteiger partial charge >= 0.3 is 0 Å². The van der Waals surface area contributed by atoms with E-state index in [2.05, 4.69) is 33.0 Å². The number of benzene rings is 1. The zero-order valence-electron chi connectivity index (χ0n) is 11.8. The van der Waals surface area contributed by atoms with Crippen LogP contribution in [-0.4, -0.2) is 48.5 Å². The van der Waals surface area contributed by atoms with Crippen molar-refractivity contribution in [2.45, 2.75) is 31.6 Å². The van der Waals surface area contributed by atoms with E-state index in [0.717, 1.165) is 36.1 Å². The standard InChI is InChI=1S/C15H23BrN2O2/c1-11-8-18(9-14(10-19)20-11)7-6-15(17)12-2-4-13(16)5-3-12/h2-5,11,14-15,19H,6-10,17H2,1H3. The number of ether oxygens (including phenoxy) is 1. The molecule has 0 spiro atoms. The molecule has 0 radical (unpaired) electrons. The summed E-state index contributed by atoms with van der Waals surface area (Å²) in [6.45, 7) is 4.75. The summed E-state index contributed by atoms with van der Waals surface area (Å²) in [5, 5.41) is 9.23. The number of morpholine rings is 1. The van der Waals surface area contributed by atoms with Gasteiger partial charge in [0.1, 0.15) is 0 Å². The van der Waals surface area contributed by atoms with Crippen LogP contribution >= 0.6 is 15.9 Å². The number of nitrogens with two attached hydrogens (primary N) is 1. The smallest absolute Gasteiger partial charge is 0.0936 e. The van der Waals surface area contributed by atoms with Gasteiger partial charge in [-0.1, -0.05) is 28.1 Å². The Bertz CT molecular complexity index is 413. The molecule has 4 nitrogen and oxygen atoms in total. The van der Waals surface area contributed by atoms with Crippen LogP contribution in [0.1, 0.15) is 24.9 Å². The van der Waals surface area contributed by atoms with Crippen LogP contribution in [0.25, 0.3) is 0 Å². The van der Waals surface area contributed by atoms with Crippen LogP contribution in [-0.2, 0) is 4.74 Å². The van der Waals surface area contributed by atoms with Crippen molar-refractivity contribution >= 4 is 15.9 Å². The molecule has 1 aliphatic rings. The fourth-order valence-electron chi connectivity index (χ4n) is 2.62. The molecule has 0 amide bonds. The molecule has 0 aliphatic carbocycles. The second-order valence-electron chi connectivity index (χ2n) is 5.46. The first kappa shape index (κ1) is 15.9. The summed E-state index contributed by atoms with van der Waals surface area (Å²) in [5.41, 5.74) is 7.40. The Kier molecular flexibility index (Phi) is 5.99. The van der Waals surface area contributed by atoms with Crippen LogP contribution in [0, 0.1) is 0 Å². The van der Waals surface area contributed by atoms with Crippen molar-refractivity contribution in [3.05, 3.63) is 34.3 Å². The number of hydrogen-bond donors (Lipinski definition) is 2. The number of aliphatic hydroxyl groups excluding tert-OH is 1. The minimum absolute atomic E-state index is 0.0498. The lowest BCUT2D eigenvalue weighted by atomic mass is 10.0. The van der Waals surface area contributed by atoms with Crippen LogP contribution in [0.15, 0.2) is 28.7 Å². The van der Waals surface area contributed by atoms with Crippen molar-refractivity contribution < 1.29 is 9.84 Å². The first-order chi connectivity index (χ1) is 9.58. The molecular weight excluding hydrogens is 320 g/mol. The normalized spacial score (nSPS) is 25.6. The van der Waals surface area contributed by atoms with Gasteiger partial charge in [-0.2, -0.15) is 0 Å². The van der Waals surface area contributed by atoms with Crippen molar-refractivity contribution in [1.82, 2.24) is 4.90 Å². The maximum absolute atomic E-state index is 9.23. The summed E-state index contributed by atoms with van der Waals surface area (Å²) in [6, 6.07) is 8.22. The van der Waals surface area contributed by atoms with Gasteiger partial charge in [0.25, 0.3) is 0 Å².